The smallest absolute Gasteiger partial charge is 0.258 e. The van der Waals surface area contributed by atoms with E-state index in [0.717, 1.165) is 0 Å². The lowest BCUT2D eigenvalue weighted by Gasteiger charge is -2.32. The fourth-order valence-corrected chi connectivity index (χ4v) is 4.23. The predicted octanol–water partition coefficient (Wildman–Crippen LogP) is 0.553. The van der Waals surface area contributed by atoms with Gasteiger partial charge < -0.3 is 30.7 Å². The van der Waals surface area contributed by atoms with Crippen molar-refractivity contribution in [3.8, 4) is 11.5 Å². The molecule has 2 aromatic rings. The van der Waals surface area contributed by atoms with Crippen LogP contribution in [0.15, 0.2) is 23.0 Å². The van der Waals surface area contributed by atoms with Gasteiger partial charge in [0.25, 0.3) is 5.56 Å². The molecule has 3 amide bonds. The summed E-state index contributed by atoms with van der Waals surface area (Å²) >= 11 is 0. The van der Waals surface area contributed by atoms with Gasteiger partial charge in [-0.05, 0) is 25.0 Å². The molecule has 12 heteroatoms. The maximum atomic E-state index is 13.1. The average Bonchev–Trinajstić information content (AvgIpc) is 2.83. The number of H-pyrrole nitrogens is 1. The molecule has 0 saturated carbocycles. The van der Waals surface area contributed by atoms with Crippen LogP contribution in [0.4, 0.5) is 17.5 Å². The lowest BCUT2D eigenvalue weighted by Crippen LogP contribution is -2.41. The second kappa shape index (κ2) is 9.41. The van der Waals surface area contributed by atoms with Gasteiger partial charge in [-0.15, -0.1) is 0 Å². The molecule has 0 aliphatic carbocycles. The average molecular weight is 470 g/mol. The summed E-state index contributed by atoms with van der Waals surface area (Å²) in [5.74, 6) is -1.34. The number of aromatic amines is 1. The van der Waals surface area contributed by atoms with Crippen LogP contribution in [0.5, 0.6) is 11.5 Å². The van der Waals surface area contributed by atoms with Crippen LogP contribution in [0.1, 0.15) is 30.7 Å². The number of methoxy groups -OCH3 is 2. The number of rotatable bonds is 6. The molecule has 12 nitrogen and oxygen atoms in total. The van der Waals surface area contributed by atoms with Crippen molar-refractivity contribution in [2.24, 2.45) is 11.7 Å². The number of hydrogen-bond donors (Lipinski definition) is 4. The Kier molecular flexibility index (Phi) is 6.39. The van der Waals surface area contributed by atoms with Crippen LogP contribution in [-0.4, -0.2) is 55.0 Å². The van der Waals surface area contributed by atoms with E-state index in [1.54, 1.807) is 18.2 Å². The number of fused-ring (bicyclic) bond motifs is 1. The summed E-state index contributed by atoms with van der Waals surface area (Å²) in [4.78, 5) is 58.9. The minimum absolute atomic E-state index is 0.0499. The molecule has 0 bridgehead atoms. The molecule has 4 rings (SSSR count). The van der Waals surface area contributed by atoms with E-state index < -0.39 is 23.3 Å². The first-order valence-electron chi connectivity index (χ1n) is 10.8. The number of anilines is 3. The molecular weight excluding hydrogens is 444 g/mol. The van der Waals surface area contributed by atoms with Gasteiger partial charge in [-0.2, -0.15) is 4.98 Å². The van der Waals surface area contributed by atoms with Crippen molar-refractivity contribution in [1.82, 2.24) is 9.97 Å². The molecule has 2 aliphatic heterocycles. The molecule has 34 heavy (non-hydrogen) atoms. The zero-order valence-electron chi connectivity index (χ0n) is 18.8. The van der Waals surface area contributed by atoms with Crippen LogP contribution in [0.25, 0.3) is 0 Å². The number of ether oxygens (including phenoxy) is 2. The second-order valence-corrected chi connectivity index (χ2v) is 8.18. The molecule has 2 aliphatic rings. The van der Waals surface area contributed by atoms with E-state index in [1.165, 1.54) is 14.2 Å². The Morgan fingerprint density at radius 1 is 1.18 bits per heavy atom. The fraction of sp³-hybridized carbons (Fsp3) is 0.409. The van der Waals surface area contributed by atoms with Crippen molar-refractivity contribution in [3.05, 3.63) is 34.1 Å². The van der Waals surface area contributed by atoms with E-state index in [-0.39, 0.29) is 35.6 Å². The molecule has 1 aromatic heterocycles. The van der Waals surface area contributed by atoms with Crippen molar-refractivity contribution in [3.63, 3.8) is 0 Å². The highest BCUT2D eigenvalue weighted by Crippen LogP contribution is 2.33. The van der Waals surface area contributed by atoms with Gasteiger partial charge in [0.15, 0.2) is 0 Å². The van der Waals surface area contributed by atoms with Crippen LogP contribution in [0.2, 0.25) is 0 Å². The number of benzene rings is 1. The van der Waals surface area contributed by atoms with Gasteiger partial charge in [0, 0.05) is 31.5 Å². The Morgan fingerprint density at radius 3 is 2.56 bits per heavy atom. The number of primary amides is 1. The van der Waals surface area contributed by atoms with Gasteiger partial charge >= 0.3 is 0 Å². The van der Waals surface area contributed by atoms with Gasteiger partial charge in [-0.3, -0.25) is 24.2 Å². The second-order valence-electron chi connectivity index (χ2n) is 8.18. The lowest BCUT2D eigenvalue weighted by atomic mass is 9.92. The SMILES string of the molecule is COc1ccc(NC(=O)[C@H]2CC(=O)Nc3nc(N4CCC(C(N)=O)CC4)[nH]c(=O)c32)c(OC)c1. The highest BCUT2D eigenvalue weighted by Gasteiger charge is 2.36. The first kappa shape index (κ1) is 23.1. The number of piperidine rings is 1. The molecule has 1 atom stereocenters. The molecule has 0 spiro atoms. The highest BCUT2D eigenvalue weighted by molar-refractivity contribution is 6.05. The van der Waals surface area contributed by atoms with Crippen molar-refractivity contribution in [1.29, 1.82) is 0 Å². The van der Waals surface area contributed by atoms with Gasteiger partial charge in [-0.1, -0.05) is 0 Å². The van der Waals surface area contributed by atoms with Gasteiger partial charge in [0.1, 0.15) is 17.3 Å². The van der Waals surface area contributed by atoms with Crippen LogP contribution in [-0.2, 0) is 14.4 Å². The Morgan fingerprint density at radius 2 is 1.91 bits per heavy atom. The zero-order chi connectivity index (χ0) is 24.4. The summed E-state index contributed by atoms with van der Waals surface area (Å²) < 4.78 is 10.5. The number of hydrogen-bond acceptors (Lipinski definition) is 8. The summed E-state index contributed by atoms with van der Waals surface area (Å²) in [6.45, 7) is 0.953. The van der Waals surface area contributed by atoms with E-state index >= 15 is 0 Å². The molecule has 0 unspecified atom stereocenters. The number of amides is 3. The summed E-state index contributed by atoms with van der Waals surface area (Å²) in [5, 5.41) is 5.33. The number of aromatic nitrogens is 2. The number of nitrogens with zero attached hydrogens (tertiary/aromatic N) is 2. The van der Waals surface area contributed by atoms with E-state index in [9.17, 15) is 19.2 Å². The highest BCUT2D eigenvalue weighted by atomic mass is 16.5. The van der Waals surface area contributed by atoms with Crippen molar-refractivity contribution >= 4 is 35.2 Å². The topological polar surface area (TPSA) is 169 Å². The maximum absolute atomic E-state index is 13.1. The number of carbonyl (C=O) groups is 3. The van der Waals surface area contributed by atoms with Gasteiger partial charge in [0.2, 0.25) is 23.7 Å². The molecule has 0 radical (unpaired) electrons. The van der Waals surface area contributed by atoms with E-state index in [1.807, 2.05) is 4.90 Å². The van der Waals surface area contributed by atoms with Crippen molar-refractivity contribution in [2.45, 2.75) is 25.2 Å². The standard InChI is InChI=1S/C22H26N6O6/c1-33-12-3-4-14(15(9-12)34-2)24-20(31)13-10-16(29)25-19-17(13)21(32)27-22(26-19)28-7-5-11(6-8-28)18(23)30/h3-4,9,11,13H,5-8,10H2,1-2H3,(H2,23,30)(H,24,31)(H2,25,26,27,29,32)/t13-/m0/s1. The third kappa shape index (κ3) is 4.51. The van der Waals surface area contributed by atoms with Crippen LogP contribution < -0.4 is 36.3 Å². The third-order valence-electron chi connectivity index (χ3n) is 6.12. The largest absolute Gasteiger partial charge is 0.497 e. The normalized spacial score (nSPS) is 18.0. The molecule has 1 fully saturated rings. The van der Waals surface area contributed by atoms with Crippen molar-refractivity contribution < 1.29 is 23.9 Å². The molecule has 180 valence electrons. The minimum atomic E-state index is -1.04. The minimum Gasteiger partial charge on any atom is -0.497 e. The van der Waals surface area contributed by atoms with Gasteiger partial charge in [0.05, 0.1) is 31.4 Å². The Labute approximate surface area is 194 Å². The van der Waals surface area contributed by atoms with Crippen LogP contribution >= 0.6 is 0 Å². The van der Waals surface area contributed by atoms with E-state index in [2.05, 4.69) is 20.6 Å². The predicted molar refractivity (Wildman–Crippen MR) is 123 cm³/mol. The van der Waals surface area contributed by atoms with Crippen molar-refractivity contribution in [2.75, 3.05) is 42.8 Å². The number of carbonyl (C=O) groups excluding carboxylic acids is 3. The Balaban J connectivity index is 1.59. The zero-order valence-corrected chi connectivity index (χ0v) is 18.8. The fourth-order valence-electron chi connectivity index (χ4n) is 4.23. The summed E-state index contributed by atoms with van der Waals surface area (Å²) in [7, 11) is 2.97. The Hall–Kier alpha value is -4.09. The molecule has 1 saturated heterocycles. The maximum Gasteiger partial charge on any atom is 0.258 e. The summed E-state index contributed by atoms with van der Waals surface area (Å²) in [5.41, 5.74) is 5.33. The number of nitrogens with two attached hydrogens (primary N) is 1. The first-order valence-corrected chi connectivity index (χ1v) is 10.8. The Bertz CT molecular complexity index is 1190. The van der Waals surface area contributed by atoms with E-state index in [4.69, 9.17) is 15.2 Å². The number of nitrogens with one attached hydrogen (secondary N) is 3. The van der Waals surface area contributed by atoms with Gasteiger partial charge in [-0.25, -0.2) is 0 Å². The van der Waals surface area contributed by atoms with Crippen LogP contribution in [0, 0.1) is 5.92 Å². The summed E-state index contributed by atoms with van der Waals surface area (Å²) in [6.07, 6.45) is 0.875. The third-order valence-corrected chi connectivity index (χ3v) is 6.12. The monoisotopic (exact) mass is 470 g/mol. The summed E-state index contributed by atoms with van der Waals surface area (Å²) in [6, 6.07) is 4.88. The van der Waals surface area contributed by atoms with E-state index in [0.29, 0.717) is 43.1 Å². The molecular formula is C22H26N6O6. The molecule has 5 N–H and O–H groups in total. The lowest BCUT2D eigenvalue weighted by molar-refractivity contribution is -0.123. The molecule has 1 aromatic carbocycles. The first-order chi connectivity index (χ1) is 16.3. The van der Waals surface area contributed by atoms with Crippen LogP contribution in [0.3, 0.4) is 0 Å². The quantitative estimate of drug-likeness (QED) is 0.474. The molecule has 3 heterocycles.